The molecule has 1 atom stereocenters. The molecule has 4 heteroatoms. The zero-order valence-corrected chi connectivity index (χ0v) is 8.59. The van der Waals surface area contributed by atoms with Crippen LogP contribution in [0, 0.1) is 5.82 Å². The number of ether oxygens (including phenoxy) is 1. The van der Waals surface area contributed by atoms with Crippen molar-refractivity contribution in [3.63, 3.8) is 0 Å². The molecular weight excluding hydrogens is 197 g/mol. The minimum Gasteiger partial charge on any atom is -0.504 e. The fraction of sp³-hybridized carbons (Fsp3) is 0.455. The van der Waals surface area contributed by atoms with E-state index < -0.39 is 0 Å². The van der Waals surface area contributed by atoms with Crippen LogP contribution in [-0.2, 0) is 0 Å². The maximum absolute atomic E-state index is 13.7. The first-order valence-electron chi connectivity index (χ1n) is 4.99. The molecule has 0 radical (unpaired) electrons. The number of methoxy groups -OCH3 is 1. The van der Waals surface area contributed by atoms with E-state index in [0.717, 1.165) is 19.5 Å². The first-order valence-corrected chi connectivity index (χ1v) is 4.99. The zero-order chi connectivity index (χ0) is 10.8. The van der Waals surface area contributed by atoms with Gasteiger partial charge in [0, 0.05) is 18.5 Å². The Kier molecular flexibility index (Phi) is 2.77. The van der Waals surface area contributed by atoms with E-state index in [1.54, 1.807) is 0 Å². The van der Waals surface area contributed by atoms with Crippen LogP contribution in [0.1, 0.15) is 17.9 Å². The third-order valence-corrected chi connectivity index (χ3v) is 2.80. The molecule has 0 spiro atoms. The summed E-state index contributed by atoms with van der Waals surface area (Å²) in [6.07, 6.45) is 0.905. The van der Waals surface area contributed by atoms with Gasteiger partial charge in [-0.05, 0) is 24.6 Å². The van der Waals surface area contributed by atoms with E-state index in [4.69, 9.17) is 4.74 Å². The summed E-state index contributed by atoms with van der Waals surface area (Å²) < 4.78 is 18.5. The molecule has 0 saturated carbocycles. The van der Waals surface area contributed by atoms with Crippen molar-refractivity contribution in [3.05, 3.63) is 23.5 Å². The van der Waals surface area contributed by atoms with Gasteiger partial charge in [-0.15, -0.1) is 0 Å². The van der Waals surface area contributed by atoms with Crippen LogP contribution in [0.3, 0.4) is 0 Å². The molecule has 1 heterocycles. The van der Waals surface area contributed by atoms with Crippen molar-refractivity contribution in [2.24, 2.45) is 0 Å². The minimum absolute atomic E-state index is 0.000741. The van der Waals surface area contributed by atoms with Gasteiger partial charge in [-0.2, -0.15) is 0 Å². The standard InChI is InChI=1S/C11H14FNO2/c1-15-11-5-9(12)8(4-10(11)14)7-2-3-13-6-7/h4-5,7,13-14H,2-3,6H2,1H3. The summed E-state index contributed by atoms with van der Waals surface area (Å²) in [4.78, 5) is 0. The average Bonchev–Trinajstić information content (AvgIpc) is 2.74. The summed E-state index contributed by atoms with van der Waals surface area (Å²) >= 11 is 0. The van der Waals surface area contributed by atoms with E-state index in [0.29, 0.717) is 5.56 Å². The molecule has 1 aliphatic rings. The average molecular weight is 211 g/mol. The molecule has 82 valence electrons. The number of phenols is 1. The van der Waals surface area contributed by atoms with E-state index in [-0.39, 0.29) is 23.2 Å². The van der Waals surface area contributed by atoms with Crippen molar-refractivity contribution in [1.29, 1.82) is 0 Å². The highest BCUT2D eigenvalue weighted by molar-refractivity contribution is 5.44. The Balaban J connectivity index is 2.35. The summed E-state index contributed by atoms with van der Waals surface area (Å²) in [5.74, 6) is 0.0307. The van der Waals surface area contributed by atoms with Crippen LogP contribution in [0.4, 0.5) is 4.39 Å². The molecule has 1 aliphatic heterocycles. The number of halogens is 1. The number of hydrogen-bond acceptors (Lipinski definition) is 3. The topological polar surface area (TPSA) is 41.5 Å². The lowest BCUT2D eigenvalue weighted by Gasteiger charge is -2.12. The molecule has 1 aromatic rings. The molecule has 3 nitrogen and oxygen atoms in total. The van der Waals surface area contributed by atoms with E-state index in [1.807, 2.05) is 0 Å². The molecule has 2 rings (SSSR count). The van der Waals surface area contributed by atoms with Crippen LogP contribution >= 0.6 is 0 Å². The lowest BCUT2D eigenvalue weighted by molar-refractivity contribution is 0.368. The lowest BCUT2D eigenvalue weighted by atomic mass is 9.97. The molecule has 2 N–H and O–H groups in total. The monoisotopic (exact) mass is 211 g/mol. The molecular formula is C11H14FNO2. The van der Waals surface area contributed by atoms with Crippen LogP contribution in [-0.4, -0.2) is 25.3 Å². The Labute approximate surface area is 87.9 Å². The molecule has 0 aromatic heterocycles. The summed E-state index contributed by atoms with van der Waals surface area (Å²) in [6.45, 7) is 1.67. The predicted molar refractivity (Wildman–Crippen MR) is 54.8 cm³/mol. The van der Waals surface area contributed by atoms with Crippen molar-refractivity contribution >= 4 is 0 Å². The van der Waals surface area contributed by atoms with Gasteiger partial charge < -0.3 is 15.2 Å². The molecule has 1 unspecified atom stereocenters. The van der Waals surface area contributed by atoms with Crippen LogP contribution < -0.4 is 10.1 Å². The second-order valence-electron chi connectivity index (χ2n) is 3.74. The Morgan fingerprint density at radius 3 is 2.93 bits per heavy atom. The third kappa shape index (κ3) is 1.90. The molecule has 15 heavy (non-hydrogen) atoms. The second kappa shape index (κ2) is 4.06. The quantitative estimate of drug-likeness (QED) is 0.781. The van der Waals surface area contributed by atoms with Crippen LogP contribution in [0.25, 0.3) is 0 Å². The second-order valence-corrected chi connectivity index (χ2v) is 3.74. The summed E-state index contributed by atoms with van der Waals surface area (Å²) in [5.41, 5.74) is 0.568. The summed E-state index contributed by atoms with van der Waals surface area (Å²) in [5, 5.41) is 12.7. The van der Waals surface area contributed by atoms with E-state index >= 15 is 0 Å². The number of nitrogens with one attached hydrogen (secondary N) is 1. The first kappa shape index (κ1) is 10.2. The zero-order valence-electron chi connectivity index (χ0n) is 8.59. The van der Waals surface area contributed by atoms with Crippen LogP contribution in [0.5, 0.6) is 11.5 Å². The Morgan fingerprint density at radius 1 is 1.53 bits per heavy atom. The van der Waals surface area contributed by atoms with Gasteiger partial charge in [0.1, 0.15) is 5.82 Å². The van der Waals surface area contributed by atoms with E-state index in [9.17, 15) is 9.50 Å². The number of hydrogen-bond donors (Lipinski definition) is 2. The predicted octanol–water partition coefficient (Wildman–Crippen LogP) is 1.62. The van der Waals surface area contributed by atoms with Gasteiger partial charge in [-0.1, -0.05) is 0 Å². The highest BCUT2D eigenvalue weighted by Crippen LogP contribution is 2.34. The SMILES string of the molecule is COc1cc(F)c(C2CCNC2)cc1O. The van der Waals surface area contributed by atoms with Gasteiger partial charge >= 0.3 is 0 Å². The van der Waals surface area contributed by atoms with Crippen LogP contribution in [0.2, 0.25) is 0 Å². The number of benzene rings is 1. The normalized spacial score (nSPS) is 20.5. The van der Waals surface area contributed by atoms with Crippen LogP contribution in [0.15, 0.2) is 12.1 Å². The highest BCUT2D eigenvalue weighted by atomic mass is 19.1. The van der Waals surface area contributed by atoms with Gasteiger partial charge in [0.2, 0.25) is 0 Å². The third-order valence-electron chi connectivity index (χ3n) is 2.80. The summed E-state index contributed by atoms with van der Waals surface area (Å²) in [6, 6.07) is 2.70. The van der Waals surface area contributed by atoms with Crippen molar-refractivity contribution in [3.8, 4) is 11.5 Å². The molecule has 1 saturated heterocycles. The van der Waals surface area contributed by atoms with Gasteiger partial charge in [0.25, 0.3) is 0 Å². The van der Waals surface area contributed by atoms with Gasteiger partial charge in [0.15, 0.2) is 11.5 Å². The van der Waals surface area contributed by atoms with Crippen molar-refractivity contribution in [2.75, 3.05) is 20.2 Å². The fourth-order valence-electron chi connectivity index (χ4n) is 1.96. The Hall–Kier alpha value is -1.29. The highest BCUT2D eigenvalue weighted by Gasteiger charge is 2.21. The lowest BCUT2D eigenvalue weighted by Crippen LogP contribution is -2.09. The molecule has 1 aromatic carbocycles. The van der Waals surface area contributed by atoms with Gasteiger partial charge in [-0.3, -0.25) is 0 Å². The van der Waals surface area contributed by atoms with Crippen molar-refractivity contribution in [2.45, 2.75) is 12.3 Å². The number of rotatable bonds is 2. The molecule has 0 aliphatic carbocycles. The van der Waals surface area contributed by atoms with E-state index in [2.05, 4.69) is 5.32 Å². The first-order chi connectivity index (χ1) is 7.22. The largest absolute Gasteiger partial charge is 0.504 e. The van der Waals surface area contributed by atoms with E-state index in [1.165, 1.54) is 19.2 Å². The van der Waals surface area contributed by atoms with Gasteiger partial charge in [-0.25, -0.2) is 4.39 Å². The fourth-order valence-corrected chi connectivity index (χ4v) is 1.96. The maximum Gasteiger partial charge on any atom is 0.163 e. The molecule has 0 amide bonds. The number of phenolic OH excluding ortho intramolecular Hbond substituents is 1. The number of aromatic hydroxyl groups is 1. The molecule has 0 bridgehead atoms. The Bertz CT molecular complexity index is 362. The maximum atomic E-state index is 13.7. The summed E-state index contributed by atoms with van der Waals surface area (Å²) in [7, 11) is 1.41. The van der Waals surface area contributed by atoms with Crippen molar-refractivity contribution in [1.82, 2.24) is 5.32 Å². The minimum atomic E-state index is -0.307. The molecule has 1 fully saturated rings. The van der Waals surface area contributed by atoms with Gasteiger partial charge in [0.05, 0.1) is 7.11 Å². The van der Waals surface area contributed by atoms with Crippen molar-refractivity contribution < 1.29 is 14.2 Å². The Morgan fingerprint density at radius 2 is 2.33 bits per heavy atom. The smallest absolute Gasteiger partial charge is 0.163 e.